The topological polar surface area (TPSA) is 241 Å². The molecule has 5 amide bonds. The molecule has 0 aliphatic carbocycles. The van der Waals surface area contributed by atoms with Gasteiger partial charge in [-0.25, -0.2) is 0 Å². The summed E-state index contributed by atoms with van der Waals surface area (Å²) in [5.41, 5.74) is 21.5. The van der Waals surface area contributed by atoms with Crippen molar-refractivity contribution in [3.8, 4) is 0 Å². The van der Waals surface area contributed by atoms with Gasteiger partial charge in [0.25, 0.3) is 0 Å². The van der Waals surface area contributed by atoms with Crippen molar-refractivity contribution >= 4 is 35.5 Å². The number of hydrogen-bond acceptors (Lipinski definition) is 7. The van der Waals surface area contributed by atoms with Gasteiger partial charge in [-0.05, 0) is 51.5 Å². The zero-order valence-electron chi connectivity index (χ0n) is 20.0. The van der Waals surface area contributed by atoms with Crippen LogP contribution in [0.4, 0.5) is 0 Å². The summed E-state index contributed by atoms with van der Waals surface area (Å²) in [6, 6.07) is -2.58. The number of carbonyl (C=O) groups excluding carboxylic acids is 5. The van der Waals surface area contributed by atoms with E-state index < -0.39 is 48.3 Å². The first-order chi connectivity index (χ1) is 16.5. The lowest BCUT2D eigenvalue weighted by Gasteiger charge is -2.37. The lowest BCUT2D eigenvalue weighted by molar-refractivity contribution is -0.144. The highest BCUT2D eigenvalue weighted by molar-refractivity contribution is 5.94. The minimum absolute atomic E-state index is 0.0364. The number of guanidine groups is 1. The van der Waals surface area contributed by atoms with Crippen molar-refractivity contribution in [2.24, 2.45) is 33.8 Å². The Labute approximate surface area is 203 Å². The zero-order valence-corrected chi connectivity index (χ0v) is 20.0. The van der Waals surface area contributed by atoms with Gasteiger partial charge in [-0.1, -0.05) is 0 Å². The molecule has 0 unspecified atom stereocenters. The maximum Gasteiger partial charge on any atom is 0.243 e. The fourth-order valence-electron chi connectivity index (χ4n) is 4.44. The molecule has 2 aliphatic rings. The lowest BCUT2D eigenvalue weighted by Crippen LogP contribution is -2.56. The first kappa shape index (κ1) is 27.8. The predicted molar refractivity (Wildman–Crippen MR) is 127 cm³/mol. The number of primary amides is 1. The molecule has 14 heteroatoms. The number of carbonyl (C=O) groups is 5. The SMILES string of the molecule is C[C@H](NC(=O)CNC(=O)[C@H](CCCN=C(N)N)NC(=O)[C@@H]1CC[C@H]2C[C@@H](CN)CC(=O)N21)C(N)=O. The van der Waals surface area contributed by atoms with Gasteiger partial charge in [0, 0.05) is 19.0 Å². The van der Waals surface area contributed by atoms with Crippen LogP contribution in [0.2, 0.25) is 0 Å². The van der Waals surface area contributed by atoms with Gasteiger partial charge >= 0.3 is 0 Å². The molecule has 196 valence electrons. The summed E-state index contributed by atoms with van der Waals surface area (Å²) in [5, 5.41) is 7.53. The summed E-state index contributed by atoms with van der Waals surface area (Å²) < 4.78 is 0. The van der Waals surface area contributed by atoms with Crippen molar-refractivity contribution in [1.29, 1.82) is 0 Å². The number of nitrogens with zero attached hydrogens (tertiary/aromatic N) is 2. The van der Waals surface area contributed by atoms with Gasteiger partial charge in [-0.15, -0.1) is 0 Å². The van der Waals surface area contributed by atoms with Gasteiger partial charge in [0.2, 0.25) is 29.5 Å². The average Bonchev–Trinajstić information content (AvgIpc) is 3.23. The fraction of sp³-hybridized carbons (Fsp3) is 0.714. The van der Waals surface area contributed by atoms with E-state index in [-0.39, 0.29) is 36.8 Å². The quantitative estimate of drug-likeness (QED) is 0.0807. The third-order valence-corrected chi connectivity index (χ3v) is 6.30. The van der Waals surface area contributed by atoms with E-state index in [9.17, 15) is 24.0 Å². The summed E-state index contributed by atoms with van der Waals surface area (Å²) >= 11 is 0. The van der Waals surface area contributed by atoms with E-state index in [1.807, 2.05) is 0 Å². The number of rotatable bonds is 12. The monoisotopic (exact) mass is 495 g/mol. The largest absolute Gasteiger partial charge is 0.370 e. The molecule has 0 spiro atoms. The van der Waals surface area contributed by atoms with E-state index >= 15 is 0 Å². The third kappa shape index (κ3) is 8.09. The highest BCUT2D eigenvalue weighted by atomic mass is 16.2. The molecule has 0 aromatic carbocycles. The van der Waals surface area contributed by atoms with Crippen molar-refractivity contribution in [2.45, 2.75) is 69.6 Å². The highest BCUT2D eigenvalue weighted by Gasteiger charge is 2.45. The highest BCUT2D eigenvalue weighted by Crippen LogP contribution is 2.34. The van der Waals surface area contributed by atoms with Crippen molar-refractivity contribution in [3.63, 3.8) is 0 Å². The summed E-state index contributed by atoms with van der Waals surface area (Å²) in [7, 11) is 0. The van der Waals surface area contributed by atoms with Gasteiger partial charge in [-0.3, -0.25) is 29.0 Å². The first-order valence-electron chi connectivity index (χ1n) is 11.8. The molecule has 35 heavy (non-hydrogen) atoms. The van der Waals surface area contributed by atoms with Crippen LogP contribution < -0.4 is 38.9 Å². The first-order valence-corrected chi connectivity index (χ1v) is 11.8. The van der Waals surface area contributed by atoms with Gasteiger partial charge in [-0.2, -0.15) is 0 Å². The van der Waals surface area contributed by atoms with Crippen LogP contribution in [0.1, 0.15) is 45.4 Å². The number of amides is 5. The molecule has 2 fully saturated rings. The molecule has 14 nitrogen and oxygen atoms in total. The van der Waals surface area contributed by atoms with Crippen LogP contribution in [-0.4, -0.2) is 84.2 Å². The van der Waals surface area contributed by atoms with E-state index in [1.165, 1.54) is 6.92 Å². The third-order valence-electron chi connectivity index (χ3n) is 6.30. The molecule has 2 saturated heterocycles. The van der Waals surface area contributed by atoms with Crippen LogP contribution in [0, 0.1) is 5.92 Å². The number of aliphatic imine (C=N–C) groups is 1. The van der Waals surface area contributed by atoms with Crippen LogP contribution in [0.15, 0.2) is 4.99 Å². The normalized spacial score (nSPS) is 23.0. The van der Waals surface area contributed by atoms with Gasteiger partial charge in [0.15, 0.2) is 5.96 Å². The number of piperidine rings is 1. The Morgan fingerprint density at radius 2 is 1.86 bits per heavy atom. The van der Waals surface area contributed by atoms with Crippen molar-refractivity contribution in [3.05, 3.63) is 0 Å². The Hall–Kier alpha value is -3.42. The number of nitrogens with one attached hydrogen (secondary N) is 3. The van der Waals surface area contributed by atoms with Crippen molar-refractivity contribution in [2.75, 3.05) is 19.6 Å². The van der Waals surface area contributed by atoms with Gasteiger partial charge < -0.3 is 43.8 Å². The molecule has 2 aliphatic heterocycles. The minimum atomic E-state index is -0.978. The Kier molecular flexibility index (Phi) is 10.2. The van der Waals surface area contributed by atoms with E-state index in [0.29, 0.717) is 32.2 Å². The number of fused-ring (bicyclic) bond motifs is 1. The molecule has 11 N–H and O–H groups in total. The van der Waals surface area contributed by atoms with E-state index in [2.05, 4.69) is 20.9 Å². The van der Waals surface area contributed by atoms with Crippen LogP contribution in [0.25, 0.3) is 0 Å². The smallest absolute Gasteiger partial charge is 0.243 e. The van der Waals surface area contributed by atoms with Crippen molar-refractivity contribution < 1.29 is 24.0 Å². The summed E-state index contributed by atoms with van der Waals surface area (Å²) in [5.74, 6) is -2.43. The van der Waals surface area contributed by atoms with E-state index in [0.717, 1.165) is 6.42 Å². The summed E-state index contributed by atoms with van der Waals surface area (Å²) in [6.07, 6.45) is 2.84. The lowest BCUT2D eigenvalue weighted by atomic mass is 9.91. The van der Waals surface area contributed by atoms with E-state index in [4.69, 9.17) is 22.9 Å². The minimum Gasteiger partial charge on any atom is -0.370 e. The molecule has 0 aromatic heterocycles. The van der Waals surface area contributed by atoms with Gasteiger partial charge in [0.05, 0.1) is 6.54 Å². The molecule has 0 bridgehead atoms. The molecule has 2 rings (SSSR count). The Balaban J connectivity index is 2.01. The Morgan fingerprint density at radius 1 is 1.14 bits per heavy atom. The molecular formula is C21H37N9O5. The second kappa shape index (κ2) is 12.9. The molecule has 5 atom stereocenters. The Bertz CT molecular complexity index is 845. The van der Waals surface area contributed by atoms with Crippen LogP contribution in [-0.2, 0) is 24.0 Å². The summed E-state index contributed by atoms with van der Waals surface area (Å²) in [6.45, 7) is 1.68. The van der Waals surface area contributed by atoms with Crippen LogP contribution in [0.5, 0.6) is 0 Å². The summed E-state index contributed by atoms with van der Waals surface area (Å²) in [4.78, 5) is 67.1. The number of nitrogens with two attached hydrogens (primary N) is 4. The standard InChI is InChI=1S/C21H37N9O5/c1-11(18(23)33)28-16(31)10-27-19(34)14(3-2-6-26-21(24)25)29-20(35)15-5-4-13-7-12(9-22)8-17(32)30(13)15/h11-15H,2-10,22H2,1H3,(H2,23,33)(H,27,34)(H,28,31)(H,29,35)(H4,24,25,26)/t11-,12+,13-,14-,15-/m0/s1. The molecule has 0 saturated carbocycles. The van der Waals surface area contributed by atoms with Crippen LogP contribution in [0.3, 0.4) is 0 Å². The maximum atomic E-state index is 13.1. The fourth-order valence-corrected chi connectivity index (χ4v) is 4.44. The average molecular weight is 496 g/mol. The predicted octanol–water partition coefficient (Wildman–Crippen LogP) is -3.64. The molecule has 0 aromatic rings. The number of hydrogen-bond donors (Lipinski definition) is 7. The van der Waals surface area contributed by atoms with Crippen LogP contribution >= 0.6 is 0 Å². The molecule has 2 heterocycles. The zero-order chi connectivity index (χ0) is 26.1. The second-order valence-corrected chi connectivity index (χ2v) is 9.01. The molecular weight excluding hydrogens is 458 g/mol. The molecule has 0 radical (unpaired) electrons. The maximum absolute atomic E-state index is 13.1. The van der Waals surface area contributed by atoms with E-state index in [1.54, 1.807) is 4.90 Å². The van der Waals surface area contributed by atoms with Gasteiger partial charge in [0.1, 0.15) is 18.1 Å². The van der Waals surface area contributed by atoms with Crippen molar-refractivity contribution in [1.82, 2.24) is 20.9 Å². The second-order valence-electron chi connectivity index (χ2n) is 9.01. The Morgan fingerprint density at radius 3 is 2.49 bits per heavy atom.